The topological polar surface area (TPSA) is 34.1 Å². The molecule has 0 unspecified atom stereocenters. The molecule has 0 aromatic rings. The summed E-state index contributed by atoms with van der Waals surface area (Å²) in [6.07, 6.45) is 8.51. The molecule has 0 rings (SSSR count). The van der Waals surface area contributed by atoms with Crippen LogP contribution in [0.4, 0.5) is 0 Å². The van der Waals surface area contributed by atoms with Gasteiger partial charge >= 0.3 is 0 Å². The Bertz CT molecular complexity index is 97.0. The van der Waals surface area contributed by atoms with Crippen molar-refractivity contribution in [3.63, 3.8) is 0 Å². The third-order valence-electron chi connectivity index (χ3n) is 2.68. The van der Waals surface area contributed by atoms with Crippen LogP contribution in [-0.4, -0.2) is 50.5 Å². The molecule has 0 amide bonds. The Kier molecular flexibility index (Phi) is 61.3. The normalized spacial score (nSPS) is 8.00. The monoisotopic (exact) mass is 487 g/mol. The van der Waals surface area contributed by atoms with Crippen LogP contribution in [0.5, 0.6) is 0 Å². The van der Waals surface area contributed by atoms with Gasteiger partial charge in [0.1, 0.15) is 0 Å². The van der Waals surface area contributed by atoms with Gasteiger partial charge in [0.15, 0.2) is 0 Å². The zero-order valence-electron chi connectivity index (χ0n) is 13.3. The third-order valence-corrected chi connectivity index (χ3v) is 8.05. The Morgan fingerprint density at radius 3 is 0.632 bits per heavy atom. The van der Waals surface area contributed by atoms with Gasteiger partial charge in [0, 0.05) is 21.1 Å². The van der Waals surface area contributed by atoms with E-state index in [9.17, 15) is 0 Å². The summed E-state index contributed by atoms with van der Waals surface area (Å²) in [5.41, 5.74) is 0. The predicted octanol–water partition coefficient (Wildman–Crippen LogP) is 4.26. The summed E-state index contributed by atoms with van der Waals surface area (Å²) in [6, 6.07) is 0. The minimum absolute atomic E-state index is 0. The molecule has 5 heteroatoms. The zero-order chi connectivity index (χ0) is 15.4. The SMILES string of the molecule is CCP(CC)CC.CCP(CC)CC.[C]=O.[C]=O.[Pt]. The van der Waals surface area contributed by atoms with Gasteiger partial charge in [-0.25, -0.2) is 0 Å². The first-order chi connectivity index (χ1) is 8.69. The van der Waals surface area contributed by atoms with E-state index < -0.39 is 0 Å². The summed E-state index contributed by atoms with van der Waals surface area (Å²) in [7, 11) is 0.892. The summed E-state index contributed by atoms with van der Waals surface area (Å²) in [4.78, 5) is 15.0. The first-order valence-electron chi connectivity index (χ1n) is 6.55. The first kappa shape index (κ1) is 32.0. The summed E-state index contributed by atoms with van der Waals surface area (Å²) >= 11 is 0. The molecule has 19 heavy (non-hydrogen) atoms. The Labute approximate surface area is 138 Å². The van der Waals surface area contributed by atoms with Crippen molar-refractivity contribution in [2.45, 2.75) is 41.5 Å². The molecule has 0 aliphatic carbocycles. The minimum atomic E-state index is 0. The molecule has 0 saturated heterocycles. The maximum Gasteiger partial charge on any atom is 0.281 e. The number of hydrogen-bond acceptors (Lipinski definition) is 2. The van der Waals surface area contributed by atoms with Crippen molar-refractivity contribution in [2.75, 3.05) is 37.0 Å². The molecule has 0 N–H and O–H groups in total. The fraction of sp³-hybridized carbons (Fsp3) is 0.857. The van der Waals surface area contributed by atoms with Gasteiger partial charge in [0.05, 0.1) is 0 Å². The van der Waals surface area contributed by atoms with E-state index in [0.717, 1.165) is 0 Å². The van der Waals surface area contributed by atoms with Crippen molar-refractivity contribution in [1.82, 2.24) is 0 Å². The van der Waals surface area contributed by atoms with E-state index >= 15 is 0 Å². The third kappa shape index (κ3) is 32.4. The van der Waals surface area contributed by atoms with Gasteiger partial charge in [0.25, 0.3) is 13.6 Å². The molecule has 0 aromatic heterocycles. The van der Waals surface area contributed by atoms with Gasteiger partial charge in [0.2, 0.25) is 0 Å². The fourth-order valence-corrected chi connectivity index (χ4v) is 4.02. The zero-order valence-corrected chi connectivity index (χ0v) is 17.3. The van der Waals surface area contributed by atoms with Gasteiger partial charge in [-0.2, -0.15) is 0 Å². The van der Waals surface area contributed by atoms with Gasteiger partial charge in [-0.1, -0.05) is 41.5 Å². The molecule has 0 aliphatic heterocycles. The van der Waals surface area contributed by atoms with Crippen LogP contribution in [0.2, 0.25) is 0 Å². The Balaban J connectivity index is -0.0000000522. The van der Waals surface area contributed by atoms with Crippen molar-refractivity contribution >= 4 is 29.4 Å². The number of carbonyl (C=O) groups excluding carboxylic acids is 2. The van der Waals surface area contributed by atoms with Gasteiger partial charge in [-0.3, -0.25) is 9.59 Å². The predicted molar refractivity (Wildman–Crippen MR) is 88.5 cm³/mol. The van der Waals surface area contributed by atoms with Crippen molar-refractivity contribution < 1.29 is 30.7 Å². The molecule has 0 bridgehead atoms. The van der Waals surface area contributed by atoms with Crippen LogP contribution in [0.15, 0.2) is 0 Å². The van der Waals surface area contributed by atoms with Crippen LogP contribution in [0.1, 0.15) is 41.5 Å². The summed E-state index contributed by atoms with van der Waals surface area (Å²) < 4.78 is 0. The fourth-order valence-electron chi connectivity index (χ4n) is 1.34. The van der Waals surface area contributed by atoms with E-state index in [4.69, 9.17) is 9.59 Å². The molecule has 118 valence electrons. The molecular weight excluding hydrogens is 457 g/mol. The van der Waals surface area contributed by atoms with Crippen LogP contribution in [-0.2, 0) is 30.7 Å². The molecule has 0 heterocycles. The summed E-state index contributed by atoms with van der Waals surface area (Å²) in [5, 5.41) is 0. The molecule has 0 fully saturated rings. The first-order valence-corrected chi connectivity index (χ1v) is 10.3. The molecule has 0 aromatic carbocycles. The average Bonchev–Trinajstić information content (AvgIpc) is 2.48. The average molecular weight is 487 g/mol. The van der Waals surface area contributed by atoms with Crippen molar-refractivity contribution in [1.29, 1.82) is 0 Å². The molecule has 0 spiro atoms. The maximum atomic E-state index is 7.50. The van der Waals surface area contributed by atoms with Crippen LogP contribution >= 0.6 is 15.8 Å². The number of hydrogen-bond donors (Lipinski definition) is 0. The maximum absolute atomic E-state index is 7.50. The molecular formula is C14H30O2P2Pt. The smallest absolute Gasteiger partial charge is 0.281 e. The summed E-state index contributed by atoms with van der Waals surface area (Å²) in [5.74, 6) is 0. The second-order valence-electron chi connectivity index (χ2n) is 3.24. The van der Waals surface area contributed by atoms with E-state index in [-0.39, 0.29) is 21.1 Å². The molecule has 0 atom stereocenters. The van der Waals surface area contributed by atoms with Gasteiger partial charge in [-0.15, -0.1) is 15.8 Å². The molecule has 2 nitrogen and oxygen atoms in total. The van der Waals surface area contributed by atoms with Crippen LogP contribution in [0.25, 0.3) is 0 Å². The number of rotatable bonds is 6. The van der Waals surface area contributed by atoms with Crippen LogP contribution in [0.3, 0.4) is 0 Å². The van der Waals surface area contributed by atoms with Crippen molar-refractivity contribution in [3.05, 3.63) is 0 Å². The molecule has 0 aliphatic rings. The Hall–Kier alpha value is 0.888. The van der Waals surface area contributed by atoms with E-state index in [1.807, 2.05) is 0 Å². The van der Waals surface area contributed by atoms with Gasteiger partial charge in [-0.05, 0) is 37.0 Å². The van der Waals surface area contributed by atoms with Crippen LogP contribution in [0, 0.1) is 0 Å². The standard InChI is InChI=1S/2C6H15P.2CO.Pt/c2*1-4-7(5-2)6-3;2*1-2;/h2*4-6H2,1-3H3;;;. The van der Waals surface area contributed by atoms with Gasteiger partial charge < -0.3 is 0 Å². The largest absolute Gasteiger partial charge is 0.281 e. The van der Waals surface area contributed by atoms with E-state index in [2.05, 4.69) is 55.1 Å². The van der Waals surface area contributed by atoms with Crippen LogP contribution < -0.4 is 0 Å². The van der Waals surface area contributed by atoms with E-state index in [1.54, 1.807) is 0 Å². The van der Waals surface area contributed by atoms with E-state index in [1.165, 1.54) is 37.0 Å². The quantitative estimate of drug-likeness (QED) is 0.525. The van der Waals surface area contributed by atoms with Crippen molar-refractivity contribution in [3.8, 4) is 0 Å². The second kappa shape index (κ2) is 36.4. The minimum Gasteiger partial charge on any atom is -0.281 e. The summed E-state index contributed by atoms with van der Waals surface area (Å²) in [6.45, 7) is 22.7. The Morgan fingerprint density at radius 1 is 0.526 bits per heavy atom. The van der Waals surface area contributed by atoms with Crippen molar-refractivity contribution in [2.24, 2.45) is 0 Å². The molecule has 4 radical (unpaired) electrons. The molecule has 0 saturated carbocycles. The van der Waals surface area contributed by atoms with E-state index in [0.29, 0.717) is 15.8 Å². The second-order valence-corrected chi connectivity index (χ2v) is 9.72. The Morgan fingerprint density at radius 2 is 0.632 bits per heavy atom.